The van der Waals surface area contributed by atoms with E-state index in [1.807, 2.05) is 6.92 Å². The maximum atomic E-state index is 13.3. The van der Waals surface area contributed by atoms with E-state index in [1.165, 1.54) is 18.2 Å². The molecule has 4 nitrogen and oxygen atoms in total. The summed E-state index contributed by atoms with van der Waals surface area (Å²) in [6.45, 7) is 3.91. The van der Waals surface area contributed by atoms with Crippen molar-refractivity contribution < 1.29 is 14.0 Å². The molecule has 1 aliphatic heterocycles. The van der Waals surface area contributed by atoms with Crippen molar-refractivity contribution in [1.82, 2.24) is 4.90 Å². The van der Waals surface area contributed by atoms with Crippen LogP contribution in [0.5, 0.6) is 0 Å². The third-order valence-corrected chi connectivity index (χ3v) is 3.95. The van der Waals surface area contributed by atoms with Crippen molar-refractivity contribution in [3.8, 4) is 0 Å². The van der Waals surface area contributed by atoms with Crippen LogP contribution in [0.2, 0.25) is 0 Å². The van der Waals surface area contributed by atoms with E-state index in [-0.39, 0.29) is 29.6 Å². The molecule has 1 aromatic rings. The molecule has 1 aromatic carbocycles. The van der Waals surface area contributed by atoms with Crippen LogP contribution >= 0.6 is 0 Å². The van der Waals surface area contributed by atoms with Gasteiger partial charge in [0, 0.05) is 18.2 Å². The highest BCUT2D eigenvalue weighted by Crippen LogP contribution is 2.24. The zero-order chi connectivity index (χ0) is 14.9. The molecular weight excluding hydrogens is 259 g/mol. The molecule has 2 N–H and O–H groups in total. The predicted molar refractivity (Wildman–Crippen MR) is 73.6 cm³/mol. The molecule has 0 saturated carbocycles. The first-order valence-corrected chi connectivity index (χ1v) is 6.76. The number of hydrogen-bond donors (Lipinski definition) is 1. The van der Waals surface area contributed by atoms with Gasteiger partial charge >= 0.3 is 0 Å². The first-order chi connectivity index (χ1) is 9.40. The van der Waals surface area contributed by atoms with E-state index in [9.17, 15) is 14.0 Å². The molecule has 2 rings (SSSR count). The molecule has 1 heterocycles. The molecule has 0 bridgehead atoms. The van der Waals surface area contributed by atoms with E-state index >= 15 is 0 Å². The number of primary amides is 1. The molecule has 0 aromatic heterocycles. The molecule has 20 heavy (non-hydrogen) atoms. The minimum atomic E-state index is -0.370. The third-order valence-electron chi connectivity index (χ3n) is 3.95. The number of halogens is 1. The van der Waals surface area contributed by atoms with Crippen molar-refractivity contribution in [3.05, 3.63) is 35.1 Å². The second kappa shape index (κ2) is 5.61. The highest BCUT2D eigenvalue weighted by molar-refractivity contribution is 5.95. The van der Waals surface area contributed by atoms with Gasteiger partial charge in [0.15, 0.2) is 0 Å². The lowest BCUT2D eigenvalue weighted by atomic mass is 9.92. The summed E-state index contributed by atoms with van der Waals surface area (Å²) < 4.78 is 13.3. The second-order valence-corrected chi connectivity index (χ2v) is 5.45. The van der Waals surface area contributed by atoms with Gasteiger partial charge in [-0.05, 0) is 50.5 Å². The lowest BCUT2D eigenvalue weighted by molar-refractivity contribution is -0.123. The quantitative estimate of drug-likeness (QED) is 0.897. The van der Waals surface area contributed by atoms with E-state index < -0.39 is 0 Å². The minimum absolute atomic E-state index is 0.0588. The van der Waals surface area contributed by atoms with Crippen molar-refractivity contribution in [2.45, 2.75) is 32.7 Å². The lowest BCUT2D eigenvalue weighted by Gasteiger charge is -2.37. The van der Waals surface area contributed by atoms with Crippen molar-refractivity contribution in [2.75, 3.05) is 6.54 Å². The SMILES string of the molecule is Cc1cc(C(=O)N2CC(C(N)=O)CCC2C)ccc1F. The summed E-state index contributed by atoms with van der Waals surface area (Å²) in [6, 6.07) is 4.37. The van der Waals surface area contributed by atoms with Gasteiger partial charge in [-0.25, -0.2) is 4.39 Å². The smallest absolute Gasteiger partial charge is 0.254 e. The standard InChI is InChI=1S/C15H19FN2O2/c1-9-7-11(5-6-13(9)16)15(20)18-8-12(14(17)19)4-3-10(18)2/h5-7,10,12H,3-4,8H2,1-2H3,(H2,17,19). The zero-order valence-corrected chi connectivity index (χ0v) is 11.7. The van der Waals surface area contributed by atoms with Gasteiger partial charge in [-0.15, -0.1) is 0 Å². The zero-order valence-electron chi connectivity index (χ0n) is 11.7. The third kappa shape index (κ3) is 2.81. The largest absolute Gasteiger partial charge is 0.369 e. The van der Waals surface area contributed by atoms with Crippen LogP contribution in [-0.2, 0) is 4.79 Å². The number of nitrogens with zero attached hydrogens (tertiary/aromatic N) is 1. The Kier molecular flexibility index (Phi) is 4.06. The number of hydrogen-bond acceptors (Lipinski definition) is 2. The summed E-state index contributed by atoms with van der Waals surface area (Å²) in [4.78, 5) is 25.5. The first kappa shape index (κ1) is 14.5. The van der Waals surface area contributed by atoms with Crippen LogP contribution in [0.15, 0.2) is 18.2 Å². The Morgan fingerprint density at radius 2 is 2.05 bits per heavy atom. The topological polar surface area (TPSA) is 63.4 Å². The number of amides is 2. The van der Waals surface area contributed by atoms with Crippen LogP contribution in [-0.4, -0.2) is 29.3 Å². The average Bonchev–Trinajstić information content (AvgIpc) is 2.41. The molecule has 1 saturated heterocycles. The number of carbonyl (C=O) groups excluding carboxylic acids is 2. The number of benzene rings is 1. The number of likely N-dealkylation sites (tertiary alicyclic amines) is 1. The van der Waals surface area contributed by atoms with Crippen molar-refractivity contribution in [3.63, 3.8) is 0 Å². The Labute approximate surface area is 117 Å². The van der Waals surface area contributed by atoms with Crippen LogP contribution in [0.4, 0.5) is 4.39 Å². The number of carbonyl (C=O) groups is 2. The highest BCUT2D eigenvalue weighted by Gasteiger charge is 2.32. The summed E-state index contributed by atoms with van der Waals surface area (Å²) in [5, 5.41) is 0. The number of nitrogens with two attached hydrogens (primary N) is 1. The molecule has 2 amide bonds. The highest BCUT2D eigenvalue weighted by atomic mass is 19.1. The first-order valence-electron chi connectivity index (χ1n) is 6.76. The average molecular weight is 278 g/mol. The Balaban J connectivity index is 2.21. The fourth-order valence-electron chi connectivity index (χ4n) is 2.57. The van der Waals surface area contributed by atoms with Gasteiger partial charge in [-0.1, -0.05) is 0 Å². The number of aryl methyl sites for hydroxylation is 1. The molecular formula is C15H19FN2O2. The maximum absolute atomic E-state index is 13.3. The second-order valence-electron chi connectivity index (χ2n) is 5.45. The Morgan fingerprint density at radius 3 is 2.65 bits per heavy atom. The Morgan fingerprint density at radius 1 is 1.35 bits per heavy atom. The molecule has 108 valence electrons. The van der Waals surface area contributed by atoms with Crippen LogP contribution in [0, 0.1) is 18.7 Å². The number of rotatable bonds is 2. The van der Waals surface area contributed by atoms with Crippen LogP contribution < -0.4 is 5.73 Å². The van der Waals surface area contributed by atoms with E-state index in [2.05, 4.69) is 0 Å². The minimum Gasteiger partial charge on any atom is -0.369 e. The van der Waals surface area contributed by atoms with Crippen molar-refractivity contribution in [1.29, 1.82) is 0 Å². The molecule has 0 spiro atoms. The lowest BCUT2D eigenvalue weighted by Crippen LogP contribution is -2.48. The van der Waals surface area contributed by atoms with Gasteiger partial charge in [0.2, 0.25) is 5.91 Å². The van der Waals surface area contributed by atoms with E-state index in [4.69, 9.17) is 5.73 Å². The van der Waals surface area contributed by atoms with Crippen LogP contribution in [0.25, 0.3) is 0 Å². The molecule has 5 heteroatoms. The van der Waals surface area contributed by atoms with Gasteiger partial charge in [-0.3, -0.25) is 9.59 Å². The van der Waals surface area contributed by atoms with E-state index in [0.717, 1.165) is 6.42 Å². The monoisotopic (exact) mass is 278 g/mol. The molecule has 0 radical (unpaired) electrons. The summed E-state index contributed by atoms with van der Waals surface area (Å²) in [5.74, 6) is -1.17. The van der Waals surface area contributed by atoms with Crippen molar-refractivity contribution >= 4 is 11.8 Å². The van der Waals surface area contributed by atoms with E-state index in [1.54, 1.807) is 11.8 Å². The normalized spacial score (nSPS) is 22.6. The van der Waals surface area contributed by atoms with Gasteiger partial charge in [0.05, 0.1) is 5.92 Å². The van der Waals surface area contributed by atoms with Gasteiger partial charge < -0.3 is 10.6 Å². The molecule has 2 atom stereocenters. The van der Waals surface area contributed by atoms with E-state index in [0.29, 0.717) is 24.1 Å². The number of piperidine rings is 1. The summed E-state index contributed by atoms with van der Waals surface area (Å²) in [7, 11) is 0. The van der Waals surface area contributed by atoms with Crippen LogP contribution in [0.3, 0.4) is 0 Å². The van der Waals surface area contributed by atoms with Gasteiger partial charge in [-0.2, -0.15) is 0 Å². The Hall–Kier alpha value is -1.91. The van der Waals surface area contributed by atoms with Gasteiger partial charge in [0.25, 0.3) is 5.91 Å². The molecule has 1 aliphatic rings. The maximum Gasteiger partial charge on any atom is 0.254 e. The molecule has 2 unspecified atom stereocenters. The van der Waals surface area contributed by atoms with Crippen molar-refractivity contribution in [2.24, 2.45) is 11.7 Å². The summed E-state index contributed by atoms with van der Waals surface area (Å²) in [5.41, 5.74) is 6.21. The molecule has 0 aliphatic carbocycles. The fourth-order valence-corrected chi connectivity index (χ4v) is 2.57. The Bertz CT molecular complexity index is 545. The van der Waals surface area contributed by atoms with Crippen LogP contribution in [0.1, 0.15) is 35.7 Å². The summed E-state index contributed by atoms with van der Waals surface area (Å²) in [6.07, 6.45) is 1.46. The van der Waals surface area contributed by atoms with Gasteiger partial charge in [0.1, 0.15) is 5.82 Å². The summed E-state index contributed by atoms with van der Waals surface area (Å²) >= 11 is 0. The fraction of sp³-hybridized carbons (Fsp3) is 0.467. The predicted octanol–water partition coefficient (Wildman–Crippen LogP) is 1.86. The molecule has 1 fully saturated rings.